The Bertz CT molecular complexity index is 377. The van der Waals surface area contributed by atoms with Gasteiger partial charge in [0.25, 0.3) is 0 Å². The summed E-state index contributed by atoms with van der Waals surface area (Å²) in [4.78, 5) is 7.73. The highest BCUT2D eigenvalue weighted by Gasteiger charge is 2.29. The molecule has 1 unspecified atom stereocenters. The van der Waals surface area contributed by atoms with Crippen molar-refractivity contribution in [2.75, 3.05) is 17.6 Å². The van der Waals surface area contributed by atoms with Gasteiger partial charge in [0.05, 0.1) is 5.69 Å². The molecule has 1 aromatic rings. The van der Waals surface area contributed by atoms with Crippen LogP contribution in [0.4, 0.5) is 10.2 Å². The van der Waals surface area contributed by atoms with Crippen LogP contribution < -0.4 is 5.32 Å². The molecule has 1 saturated heterocycles. The minimum atomic E-state index is -0.339. The Morgan fingerprint density at radius 3 is 3.06 bits per heavy atom. The van der Waals surface area contributed by atoms with Crippen molar-refractivity contribution in [1.82, 2.24) is 9.97 Å². The molecule has 1 fully saturated rings. The van der Waals surface area contributed by atoms with Crippen molar-refractivity contribution < 1.29 is 4.39 Å². The Kier molecular flexibility index (Phi) is 3.33. The molecule has 1 aromatic heterocycles. The molecule has 3 nitrogen and oxygen atoms in total. The van der Waals surface area contributed by atoms with Crippen molar-refractivity contribution >= 4 is 17.6 Å². The summed E-state index contributed by atoms with van der Waals surface area (Å²) in [6.07, 6.45) is 3.81. The average molecular weight is 241 g/mol. The van der Waals surface area contributed by atoms with Gasteiger partial charge in [0.2, 0.25) is 0 Å². The molecule has 1 aliphatic rings. The first-order valence-electron chi connectivity index (χ1n) is 5.46. The normalized spacial score (nSPS) is 24.7. The first-order chi connectivity index (χ1) is 7.61. The summed E-state index contributed by atoms with van der Waals surface area (Å²) in [5.41, 5.74) is 0.390. The lowest BCUT2D eigenvalue weighted by molar-refractivity contribution is 0.595. The Morgan fingerprint density at radius 1 is 1.56 bits per heavy atom. The molecule has 2 heterocycles. The van der Waals surface area contributed by atoms with E-state index in [1.807, 2.05) is 11.8 Å². The lowest BCUT2D eigenvalue weighted by Crippen LogP contribution is -2.27. The molecular formula is C11H16FN3S. The molecule has 1 N–H and O–H groups in total. The molecule has 0 amide bonds. The average Bonchev–Trinajstić information content (AvgIpc) is 2.68. The summed E-state index contributed by atoms with van der Waals surface area (Å²) in [5, 5.41) is 3.09. The summed E-state index contributed by atoms with van der Waals surface area (Å²) in [6.45, 7) is 4.61. The predicted molar refractivity (Wildman–Crippen MR) is 65.3 cm³/mol. The van der Waals surface area contributed by atoms with E-state index in [4.69, 9.17) is 0 Å². The van der Waals surface area contributed by atoms with E-state index < -0.39 is 0 Å². The van der Waals surface area contributed by atoms with Crippen LogP contribution in [0.15, 0.2) is 6.33 Å². The molecular weight excluding hydrogens is 225 g/mol. The number of hydrogen-bond donors (Lipinski definition) is 1. The van der Waals surface area contributed by atoms with Gasteiger partial charge in [0.1, 0.15) is 6.33 Å². The van der Waals surface area contributed by atoms with Crippen molar-refractivity contribution in [2.24, 2.45) is 0 Å². The van der Waals surface area contributed by atoms with Gasteiger partial charge in [0, 0.05) is 11.3 Å². The molecule has 0 spiro atoms. The predicted octanol–water partition coefficient (Wildman–Crippen LogP) is 2.62. The third-order valence-electron chi connectivity index (χ3n) is 2.89. The van der Waals surface area contributed by atoms with Crippen LogP contribution in [0.5, 0.6) is 0 Å². The summed E-state index contributed by atoms with van der Waals surface area (Å²) in [5.74, 6) is 1.18. The van der Waals surface area contributed by atoms with Crippen molar-refractivity contribution in [1.29, 1.82) is 0 Å². The third-order valence-corrected chi connectivity index (χ3v) is 4.43. The van der Waals surface area contributed by atoms with Crippen LogP contribution in [0.3, 0.4) is 0 Å². The zero-order chi connectivity index (χ0) is 11.6. The van der Waals surface area contributed by atoms with Gasteiger partial charge in [-0.05, 0) is 32.4 Å². The highest BCUT2D eigenvalue weighted by molar-refractivity contribution is 8.00. The molecule has 0 aromatic carbocycles. The summed E-state index contributed by atoms with van der Waals surface area (Å²) >= 11 is 1.95. The molecule has 0 saturated carbocycles. The van der Waals surface area contributed by atoms with E-state index in [-0.39, 0.29) is 10.6 Å². The second kappa shape index (κ2) is 4.57. The van der Waals surface area contributed by atoms with Crippen LogP contribution in [0.25, 0.3) is 0 Å². The van der Waals surface area contributed by atoms with E-state index in [9.17, 15) is 4.39 Å². The summed E-state index contributed by atoms with van der Waals surface area (Å²) in [6, 6.07) is 0. The second-order valence-electron chi connectivity index (χ2n) is 4.38. The number of anilines is 1. The molecule has 1 aliphatic heterocycles. The molecule has 0 radical (unpaired) electrons. The van der Waals surface area contributed by atoms with Gasteiger partial charge < -0.3 is 5.32 Å². The molecule has 0 bridgehead atoms. The lowest BCUT2D eigenvalue weighted by atomic mass is 10.1. The number of aromatic nitrogens is 2. The van der Waals surface area contributed by atoms with E-state index in [2.05, 4.69) is 22.2 Å². The van der Waals surface area contributed by atoms with Crippen LogP contribution >= 0.6 is 11.8 Å². The maximum Gasteiger partial charge on any atom is 0.186 e. The minimum Gasteiger partial charge on any atom is -0.366 e. The van der Waals surface area contributed by atoms with Crippen LogP contribution in [-0.4, -0.2) is 27.0 Å². The van der Waals surface area contributed by atoms with Crippen LogP contribution in [-0.2, 0) is 0 Å². The first-order valence-corrected chi connectivity index (χ1v) is 6.44. The highest BCUT2D eigenvalue weighted by atomic mass is 32.2. The van der Waals surface area contributed by atoms with Gasteiger partial charge in [-0.3, -0.25) is 0 Å². The van der Waals surface area contributed by atoms with E-state index in [1.165, 1.54) is 24.9 Å². The number of rotatable bonds is 3. The zero-order valence-corrected chi connectivity index (χ0v) is 10.4. The molecule has 88 valence electrons. The van der Waals surface area contributed by atoms with Crippen LogP contribution in [0.1, 0.15) is 25.5 Å². The fraction of sp³-hybridized carbons (Fsp3) is 0.636. The largest absolute Gasteiger partial charge is 0.366 e. The maximum absolute atomic E-state index is 13.6. The molecule has 5 heteroatoms. The topological polar surface area (TPSA) is 37.8 Å². The van der Waals surface area contributed by atoms with Gasteiger partial charge in [-0.2, -0.15) is 11.8 Å². The van der Waals surface area contributed by atoms with Gasteiger partial charge in [-0.25, -0.2) is 14.4 Å². The van der Waals surface area contributed by atoms with Gasteiger partial charge in [-0.1, -0.05) is 0 Å². The van der Waals surface area contributed by atoms with E-state index in [0.29, 0.717) is 11.5 Å². The van der Waals surface area contributed by atoms with Crippen molar-refractivity contribution in [3.05, 3.63) is 17.8 Å². The molecule has 16 heavy (non-hydrogen) atoms. The standard InChI is InChI=1S/C11H16FN3S/c1-8-9(12)10(15-7-14-8)13-6-11(2)4-3-5-16-11/h7H,3-6H2,1-2H3,(H,13,14,15). The molecule has 0 aliphatic carbocycles. The minimum absolute atomic E-state index is 0.214. The van der Waals surface area contributed by atoms with E-state index in [1.54, 1.807) is 6.92 Å². The molecule has 1 atom stereocenters. The summed E-state index contributed by atoms with van der Waals surface area (Å²) < 4.78 is 13.8. The summed E-state index contributed by atoms with van der Waals surface area (Å²) in [7, 11) is 0. The smallest absolute Gasteiger partial charge is 0.186 e. The Hall–Kier alpha value is -0.840. The Morgan fingerprint density at radius 2 is 2.38 bits per heavy atom. The van der Waals surface area contributed by atoms with Crippen molar-refractivity contribution in [2.45, 2.75) is 31.4 Å². The fourth-order valence-corrected chi connectivity index (χ4v) is 3.07. The molecule has 2 rings (SSSR count). The quantitative estimate of drug-likeness (QED) is 0.882. The fourth-order valence-electron chi connectivity index (χ4n) is 1.83. The lowest BCUT2D eigenvalue weighted by Gasteiger charge is -2.23. The monoisotopic (exact) mass is 241 g/mol. The van der Waals surface area contributed by atoms with Crippen molar-refractivity contribution in [3.63, 3.8) is 0 Å². The van der Waals surface area contributed by atoms with Gasteiger partial charge >= 0.3 is 0 Å². The van der Waals surface area contributed by atoms with Crippen LogP contribution in [0.2, 0.25) is 0 Å². The number of thioether (sulfide) groups is 1. The van der Waals surface area contributed by atoms with Gasteiger partial charge in [0.15, 0.2) is 11.6 Å². The highest BCUT2D eigenvalue weighted by Crippen LogP contribution is 2.37. The number of nitrogens with one attached hydrogen (secondary N) is 1. The Balaban J connectivity index is 2.02. The third kappa shape index (κ3) is 2.45. The van der Waals surface area contributed by atoms with Gasteiger partial charge in [-0.15, -0.1) is 0 Å². The number of nitrogens with zero attached hydrogens (tertiary/aromatic N) is 2. The zero-order valence-electron chi connectivity index (χ0n) is 9.59. The number of halogens is 1. The number of aryl methyl sites for hydroxylation is 1. The van der Waals surface area contributed by atoms with E-state index in [0.717, 1.165) is 6.54 Å². The number of hydrogen-bond acceptors (Lipinski definition) is 4. The van der Waals surface area contributed by atoms with Crippen LogP contribution in [0, 0.1) is 12.7 Å². The first kappa shape index (κ1) is 11.6. The SMILES string of the molecule is Cc1ncnc(NCC2(C)CCCS2)c1F. The second-order valence-corrected chi connectivity index (χ2v) is 6.06. The van der Waals surface area contributed by atoms with Crippen molar-refractivity contribution in [3.8, 4) is 0 Å². The van der Waals surface area contributed by atoms with E-state index >= 15 is 0 Å². The Labute approximate surface area is 99.3 Å². The maximum atomic E-state index is 13.6.